The molecule has 19 heavy (non-hydrogen) atoms. The van der Waals surface area contributed by atoms with Gasteiger partial charge in [-0.05, 0) is 24.3 Å². The number of hydrogen-bond donors (Lipinski definition) is 2. The van der Waals surface area contributed by atoms with E-state index in [0.717, 1.165) is 54.6 Å². The zero-order chi connectivity index (χ0) is 13.7. The monoisotopic (exact) mass is 279 g/mol. The van der Waals surface area contributed by atoms with E-state index in [0.29, 0.717) is 0 Å². The van der Waals surface area contributed by atoms with E-state index in [9.17, 15) is 0 Å². The fraction of sp³-hybridized carbons (Fsp3) is 0.500. The number of benzene rings is 1. The molecule has 1 aliphatic heterocycles. The smallest absolute Gasteiger partial charge is 0.126 e. The molecule has 0 spiro atoms. The van der Waals surface area contributed by atoms with Crippen LogP contribution in [0.1, 0.15) is 18.9 Å². The third kappa shape index (κ3) is 3.42. The van der Waals surface area contributed by atoms with Gasteiger partial charge in [0.25, 0.3) is 0 Å². The molecule has 0 radical (unpaired) electrons. The molecule has 0 atom stereocenters. The first-order valence-electron chi connectivity index (χ1n) is 6.67. The number of hydrogen-bond acceptors (Lipinski definition) is 4. The molecule has 1 aromatic carbocycles. The van der Waals surface area contributed by atoms with Crippen LogP contribution in [0.3, 0.4) is 0 Å². The minimum atomic E-state index is 0.150. The first kappa shape index (κ1) is 14.2. The van der Waals surface area contributed by atoms with Gasteiger partial charge < -0.3 is 15.4 Å². The second-order valence-corrected chi connectivity index (χ2v) is 5.76. The lowest BCUT2D eigenvalue weighted by Crippen LogP contribution is -2.29. The van der Waals surface area contributed by atoms with Crippen LogP contribution in [0, 0.1) is 5.41 Å². The summed E-state index contributed by atoms with van der Waals surface area (Å²) in [5.74, 6) is 1.13. The Morgan fingerprint density at radius 1 is 1.42 bits per heavy atom. The van der Waals surface area contributed by atoms with Crippen molar-refractivity contribution in [3.63, 3.8) is 0 Å². The molecule has 1 aromatic rings. The largest absolute Gasteiger partial charge is 0.384 e. The highest BCUT2D eigenvalue weighted by Gasteiger charge is 2.17. The van der Waals surface area contributed by atoms with Crippen LogP contribution in [0.15, 0.2) is 23.1 Å². The van der Waals surface area contributed by atoms with Crippen LogP contribution in [0.2, 0.25) is 0 Å². The van der Waals surface area contributed by atoms with Gasteiger partial charge >= 0.3 is 0 Å². The van der Waals surface area contributed by atoms with Gasteiger partial charge in [-0.15, -0.1) is 11.8 Å². The van der Waals surface area contributed by atoms with Crippen molar-refractivity contribution in [3.05, 3.63) is 23.8 Å². The summed E-state index contributed by atoms with van der Waals surface area (Å²) in [6, 6.07) is 6.15. The van der Waals surface area contributed by atoms with E-state index >= 15 is 0 Å². The maximum absolute atomic E-state index is 7.88. The normalized spacial score (nSPS) is 16.2. The average Bonchev–Trinajstić information content (AvgIpc) is 2.67. The summed E-state index contributed by atoms with van der Waals surface area (Å²) in [6.07, 6.45) is 1.02. The van der Waals surface area contributed by atoms with Crippen molar-refractivity contribution in [3.8, 4) is 0 Å². The maximum atomic E-state index is 7.88. The van der Waals surface area contributed by atoms with E-state index in [1.807, 2.05) is 12.1 Å². The summed E-state index contributed by atoms with van der Waals surface area (Å²) in [5.41, 5.74) is 7.74. The Labute approximate surface area is 118 Å². The summed E-state index contributed by atoms with van der Waals surface area (Å²) < 4.78 is 5.49. The van der Waals surface area contributed by atoms with Crippen LogP contribution in [-0.4, -0.2) is 37.9 Å². The fourth-order valence-corrected chi connectivity index (χ4v) is 3.16. The van der Waals surface area contributed by atoms with E-state index < -0.39 is 0 Å². The number of ether oxygens (including phenoxy) is 1. The zero-order valence-electron chi connectivity index (χ0n) is 11.3. The first-order valence-corrected chi connectivity index (χ1v) is 7.65. The molecule has 0 unspecified atom stereocenters. The van der Waals surface area contributed by atoms with Crippen molar-refractivity contribution in [1.82, 2.24) is 0 Å². The Balaban J connectivity index is 2.37. The predicted molar refractivity (Wildman–Crippen MR) is 81.5 cm³/mol. The number of rotatable bonds is 4. The lowest BCUT2D eigenvalue weighted by atomic mass is 10.1. The van der Waals surface area contributed by atoms with Crippen LogP contribution in [0.4, 0.5) is 5.69 Å². The molecule has 3 N–H and O–H groups in total. The van der Waals surface area contributed by atoms with Gasteiger partial charge in [0.1, 0.15) is 5.84 Å². The van der Waals surface area contributed by atoms with Gasteiger partial charge in [0, 0.05) is 30.3 Å². The quantitative estimate of drug-likeness (QED) is 0.504. The number of nitrogens with two attached hydrogens (primary N) is 1. The topological polar surface area (TPSA) is 62.3 Å². The number of thioether (sulfide) groups is 1. The molecule has 0 saturated carbocycles. The molecule has 0 bridgehead atoms. The van der Waals surface area contributed by atoms with Crippen LogP contribution in [0.25, 0.3) is 0 Å². The highest BCUT2D eigenvalue weighted by Crippen LogP contribution is 2.31. The number of nitrogen functional groups attached to an aromatic ring is 1. The third-order valence-corrected chi connectivity index (χ3v) is 4.08. The highest BCUT2D eigenvalue weighted by atomic mass is 32.2. The Morgan fingerprint density at radius 2 is 2.26 bits per heavy atom. The fourth-order valence-electron chi connectivity index (χ4n) is 2.32. The summed E-state index contributed by atoms with van der Waals surface area (Å²) in [7, 11) is 0. The highest BCUT2D eigenvalue weighted by molar-refractivity contribution is 7.99. The predicted octanol–water partition coefficient (Wildman–Crippen LogP) is 2.31. The number of nitrogens with one attached hydrogen (secondary N) is 1. The number of anilines is 1. The molecule has 0 aromatic heterocycles. The summed E-state index contributed by atoms with van der Waals surface area (Å²) in [5, 5.41) is 7.88. The van der Waals surface area contributed by atoms with Crippen molar-refractivity contribution < 1.29 is 4.74 Å². The van der Waals surface area contributed by atoms with E-state index in [4.69, 9.17) is 15.9 Å². The maximum Gasteiger partial charge on any atom is 0.126 e. The molecule has 0 amide bonds. The van der Waals surface area contributed by atoms with Crippen LogP contribution in [0.5, 0.6) is 0 Å². The Kier molecular flexibility index (Phi) is 5.10. The minimum absolute atomic E-state index is 0.150. The van der Waals surface area contributed by atoms with Gasteiger partial charge in [-0.25, -0.2) is 0 Å². The second-order valence-electron chi connectivity index (χ2n) is 4.45. The van der Waals surface area contributed by atoms with Gasteiger partial charge in [-0.3, -0.25) is 5.41 Å². The lowest BCUT2D eigenvalue weighted by molar-refractivity contribution is 0.152. The Morgan fingerprint density at radius 3 is 3.00 bits per heavy atom. The number of amidine groups is 1. The summed E-state index contributed by atoms with van der Waals surface area (Å²) >= 11 is 1.73. The molecule has 104 valence electrons. The van der Waals surface area contributed by atoms with E-state index in [-0.39, 0.29) is 5.84 Å². The summed E-state index contributed by atoms with van der Waals surface area (Å²) in [4.78, 5) is 3.38. The van der Waals surface area contributed by atoms with Crippen LogP contribution >= 0.6 is 11.8 Å². The molecular weight excluding hydrogens is 258 g/mol. The second kappa shape index (κ2) is 6.82. The van der Waals surface area contributed by atoms with Gasteiger partial charge in [-0.1, -0.05) is 13.0 Å². The molecule has 1 fully saturated rings. The molecule has 5 heteroatoms. The average molecular weight is 279 g/mol. The molecule has 1 heterocycles. The van der Waals surface area contributed by atoms with Gasteiger partial charge in [0.15, 0.2) is 0 Å². The van der Waals surface area contributed by atoms with E-state index in [1.165, 1.54) is 0 Å². The van der Waals surface area contributed by atoms with Crippen molar-refractivity contribution >= 4 is 23.3 Å². The van der Waals surface area contributed by atoms with Crippen molar-refractivity contribution in [2.24, 2.45) is 5.73 Å². The van der Waals surface area contributed by atoms with Crippen molar-refractivity contribution in [2.45, 2.75) is 18.2 Å². The Hall–Kier alpha value is -1.20. The SMILES string of the molecule is CCSc1cccc(N2CCCOCC2)c1C(=N)N. The van der Waals surface area contributed by atoms with Gasteiger partial charge in [0.2, 0.25) is 0 Å². The third-order valence-electron chi connectivity index (χ3n) is 3.14. The van der Waals surface area contributed by atoms with E-state index in [1.54, 1.807) is 11.8 Å². The van der Waals surface area contributed by atoms with Crippen molar-refractivity contribution in [1.29, 1.82) is 5.41 Å². The molecule has 1 aliphatic rings. The standard InChI is InChI=1S/C14H21N3OS/c1-2-19-12-6-3-5-11(13(12)14(15)16)17-7-4-9-18-10-8-17/h3,5-6H,2,4,7-10H2,1H3,(H3,15,16). The lowest BCUT2D eigenvalue weighted by Gasteiger charge is -2.25. The van der Waals surface area contributed by atoms with Crippen LogP contribution in [-0.2, 0) is 4.74 Å². The van der Waals surface area contributed by atoms with Gasteiger partial charge in [-0.2, -0.15) is 0 Å². The van der Waals surface area contributed by atoms with E-state index in [2.05, 4.69) is 17.9 Å². The molecule has 2 rings (SSSR count). The molecule has 1 saturated heterocycles. The van der Waals surface area contributed by atoms with Crippen molar-refractivity contribution in [2.75, 3.05) is 37.0 Å². The van der Waals surface area contributed by atoms with Gasteiger partial charge in [0.05, 0.1) is 12.2 Å². The van der Waals surface area contributed by atoms with Crippen LogP contribution < -0.4 is 10.6 Å². The molecular formula is C14H21N3OS. The molecule has 0 aliphatic carbocycles. The first-order chi connectivity index (χ1) is 9.24. The number of nitrogens with zero attached hydrogens (tertiary/aromatic N) is 1. The zero-order valence-corrected chi connectivity index (χ0v) is 12.1. The summed E-state index contributed by atoms with van der Waals surface area (Å²) in [6.45, 7) is 5.49. The molecule has 4 nitrogen and oxygen atoms in total. The minimum Gasteiger partial charge on any atom is -0.384 e. The Bertz CT molecular complexity index is 442.